The van der Waals surface area contributed by atoms with E-state index in [0.29, 0.717) is 32.1 Å². The van der Waals surface area contributed by atoms with Gasteiger partial charge in [0.1, 0.15) is 5.60 Å². The van der Waals surface area contributed by atoms with E-state index in [9.17, 15) is 14.4 Å². The smallest absolute Gasteiger partial charge is 0.408 e. The van der Waals surface area contributed by atoms with E-state index in [1.54, 1.807) is 20.8 Å². The number of fused-ring (bicyclic) bond motifs is 1. The fourth-order valence-corrected chi connectivity index (χ4v) is 3.07. The first kappa shape index (κ1) is 20.9. The second-order valence-corrected chi connectivity index (χ2v) is 8.14. The number of amides is 2. The molecular formula is C21H30N2O4. The van der Waals surface area contributed by atoms with Crippen LogP contribution in [-0.4, -0.2) is 29.4 Å². The van der Waals surface area contributed by atoms with Gasteiger partial charge in [-0.1, -0.05) is 31.5 Å². The number of aryl methyl sites for hydroxylation is 1. The van der Waals surface area contributed by atoms with Crippen LogP contribution in [0.4, 0.5) is 10.5 Å². The number of alkyl carbamates (subject to hydrolysis) is 1. The Balaban J connectivity index is 2.15. The van der Waals surface area contributed by atoms with E-state index in [-0.39, 0.29) is 17.6 Å². The highest BCUT2D eigenvalue weighted by molar-refractivity contribution is 5.93. The Bertz CT molecular complexity index is 694. The van der Waals surface area contributed by atoms with Crippen molar-refractivity contribution in [2.45, 2.75) is 71.4 Å². The quantitative estimate of drug-likeness (QED) is 0.782. The number of hydrogen-bond acceptors (Lipinski definition) is 4. The third-order valence-electron chi connectivity index (χ3n) is 4.57. The van der Waals surface area contributed by atoms with Gasteiger partial charge in [0.05, 0.1) is 6.04 Å². The second kappa shape index (κ2) is 9.02. The van der Waals surface area contributed by atoms with Crippen molar-refractivity contribution in [3.05, 3.63) is 29.8 Å². The van der Waals surface area contributed by atoms with Crippen molar-refractivity contribution in [1.29, 1.82) is 0 Å². The van der Waals surface area contributed by atoms with Crippen molar-refractivity contribution in [2.75, 3.05) is 5.32 Å². The maximum atomic E-state index is 12.7. The van der Waals surface area contributed by atoms with Gasteiger partial charge < -0.3 is 15.4 Å². The molecule has 0 fully saturated rings. The molecule has 0 saturated carbocycles. The van der Waals surface area contributed by atoms with Crippen molar-refractivity contribution < 1.29 is 19.1 Å². The standard InChI is InChI=1S/C21H30N2O4/c1-14-8-7-11-17(23-20(26)27-21(2,3)4)18(24)13-12-15-9-5-6-10-16(15)22-19(14)25/h5-6,9-10,14,17H,7-8,11-13H2,1-4H3,(H,22,25)(H,23,26)/t14-,17+/m1/s1. The normalized spacial score (nSPS) is 21.9. The van der Waals surface area contributed by atoms with Crippen LogP contribution in [0.15, 0.2) is 24.3 Å². The van der Waals surface area contributed by atoms with E-state index < -0.39 is 17.7 Å². The van der Waals surface area contributed by atoms with Crippen LogP contribution in [0.25, 0.3) is 0 Å². The monoisotopic (exact) mass is 374 g/mol. The highest BCUT2D eigenvalue weighted by Crippen LogP contribution is 2.21. The number of ketones is 1. The molecule has 0 aromatic heterocycles. The van der Waals surface area contributed by atoms with Crippen LogP contribution in [0, 0.1) is 5.92 Å². The predicted octanol–water partition coefficient (Wildman–Crippen LogP) is 3.84. The van der Waals surface area contributed by atoms with Crippen LogP contribution >= 0.6 is 0 Å². The summed E-state index contributed by atoms with van der Waals surface area (Å²) in [7, 11) is 0. The summed E-state index contributed by atoms with van der Waals surface area (Å²) in [6.07, 6.45) is 2.03. The number of carbonyl (C=O) groups is 3. The number of Topliss-reactive ketones (excluding diaryl/α,β-unsaturated/α-hetero) is 1. The molecule has 1 aliphatic rings. The van der Waals surface area contributed by atoms with E-state index in [0.717, 1.165) is 11.3 Å². The van der Waals surface area contributed by atoms with Gasteiger partial charge in [0.2, 0.25) is 5.91 Å². The van der Waals surface area contributed by atoms with Gasteiger partial charge in [-0.05, 0) is 51.7 Å². The largest absolute Gasteiger partial charge is 0.444 e. The van der Waals surface area contributed by atoms with Crippen molar-refractivity contribution in [1.82, 2.24) is 5.32 Å². The van der Waals surface area contributed by atoms with Gasteiger partial charge in [0, 0.05) is 18.0 Å². The summed E-state index contributed by atoms with van der Waals surface area (Å²) >= 11 is 0. The Hall–Kier alpha value is -2.37. The number of rotatable bonds is 1. The summed E-state index contributed by atoms with van der Waals surface area (Å²) in [5, 5.41) is 5.69. The maximum Gasteiger partial charge on any atom is 0.408 e. The van der Waals surface area contributed by atoms with Crippen LogP contribution in [0.3, 0.4) is 0 Å². The van der Waals surface area contributed by atoms with E-state index in [4.69, 9.17) is 4.74 Å². The molecule has 2 atom stereocenters. The summed E-state index contributed by atoms with van der Waals surface area (Å²) in [5.74, 6) is -0.212. The fraction of sp³-hybridized carbons (Fsp3) is 0.571. The average Bonchev–Trinajstić information content (AvgIpc) is 2.57. The first-order chi connectivity index (χ1) is 12.7. The Kier molecular flexibility index (Phi) is 6.99. The zero-order chi connectivity index (χ0) is 20.0. The van der Waals surface area contributed by atoms with Gasteiger partial charge in [0.15, 0.2) is 5.78 Å². The highest BCUT2D eigenvalue weighted by Gasteiger charge is 2.25. The van der Waals surface area contributed by atoms with Crippen molar-refractivity contribution in [3.8, 4) is 0 Å². The first-order valence-corrected chi connectivity index (χ1v) is 9.56. The molecule has 2 amide bonds. The predicted molar refractivity (Wildman–Crippen MR) is 105 cm³/mol. The number of anilines is 1. The third-order valence-corrected chi connectivity index (χ3v) is 4.57. The van der Waals surface area contributed by atoms with Crippen molar-refractivity contribution >= 4 is 23.5 Å². The lowest BCUT2D eigenvalue weighted by molar-refractivity contribution is -0.121. The van der Waals surface area contributed by atoms with Crippen LogP contribution in [0.1, 0.15) is 58.9 Å². The molecule has 0 aliphatic carbocycles. The molecule has 1 aliphatic heterocycles. The zero-order valence-electron chi connectivity index (χ0n) is 16.6. The van der Waals surface area contributed by atoms with Crippen molar-refractivity contribution in [2.24, 2.45) is 5.92 Å². The van der Waals surface area contributed by atoms with Gasteiger partial charge in [-0.3, -0.25) is 9.59 Å². The minimum Gasteiger partial charge on any atom is -0.444 e. The average molecular weight is 374 g/mol. The third kappa shape index (κ3) is 6.70. The zero-order valence-corrected chi connectivity index (χ0v) is 16.6. The molecule has 2 N–H and O–H groups in total. The summed E-state index contributed by atoms with van der Waals surface area (Å²) in [5.41, 5.74) is 1.05. The Morgan fingerprint density at radius 1 is 1.15 bits per heavy atom. The van der Waals surface area contributed by atoms with E-state index in [1.165, 1.54) is 0 Å². The van der Waals surface area contributed by atoms with Crippen LogP contribution < -0.4 is 10.6 Å². The molecule has 0 spiro atoms. The molecule has 0 bridgehead atoms. The summed E-state index contributed by atoms with van der Waals surface area (Å²) in [6, 6.07) is 6.93. The Morgan fingerprint density at radius 2 is 1.85 bits per heavy atom. The molecule has 1 aromatic rings. The lowest BCUT2D eigenvalue weighted by Gasteiger charge is -2.24. The molecule has 27 heavy (non-hydrogen) atoms. The minimum absolute atomic E-state index is 0.0183. The SMILES string of the molecule is C[C@@H]1CCC[C@H](NC(=O)OC(C)(C)C)C(=O)CCc2ccccc2NC1=O. The summed E-state index contributed by atoms with van der Waals surface area (Å²) < 4.78 is 5.29. The molecule has 6 nitrogen and oxygen atoms in total. The molecule has 0 unspecified atom stereocenters. The second-order valence-electron chi connectivity index (χ2n) is 8.14. The number of hydrogen-bond donors (Lipinski definition) is 2. The van der Waals surface area contributed by atoms with E-state index >= 15 is 0 Å². The molecule has 0 radical (unpaired) electrons. The lowest BCUT2D eigenvalue weighted by Crippen LogP contribution is -2.43. The van der Waals surface area contributed by atoms with E-state index in [2.05, 4.69) is 10.6 Å². The van der Waals surface area contributed by atoms with Gasteiger partial charge in [-0.2, -0.15) is 0 Å². The molecule has 1 aromatic carbocycles. The highest BCUT2D eigenvalue weighted by atomic mass is 16.6. The van der Waals surface area contributed by atoms with Crippen LogP contribution in [0.5, 0.6) is 0 Å². The first-order valence-electron chi connectivity index (χ1n) is 9.56. The van der Waals surface area contributed by atoms with Crippen LogP contribution in [-0.2, 0) is 20.7 Å². The number of benzene rings is 1. The van der Waals surface area contributed by atoms with Gasteiger partial charge >= 0.3 is 6.09 Å². The summed E-state index contributed by atoms with van der Waals surface area (Å²) in [6.45, 7) is 7.23. The Morgan fingerprint density at radius 3 is 2.56 bits per heavy atom. The molecule has 2 rings (SSSR count). The van der Waals surface area contributed by atoms with Gasteiger partial charge in [0.25, 0.3) is 0 Å². The fourth-order valence-electron chi connectivity index (χ4n) is 3.07. The molecule has 148 valence electrons. The van der Waals surface area contributed by atoms with Crippen LogP contribution in [0.2, 0.25) is 0 Å². The summed E-state index contributed by atoms with van der Waals surface area (Å²) in [4.78, 5) is 37.2. The topological polar surface area (TPSA) is 84.5 Å². The van der Waals surface area contributed by atoms with E-state index in [1.807, 2.05) is 31.2 Å². The number of carbonyl (C=O) groups excluding carboxylic acids is 3. The lowest BCUT2D eigenvalue weighted by atomic mass is 9.94. The minimum atomic E-state index is -0.621. The van der Waals surface area contributed by atoms with Gasteiger partial charge in [-0.15, -0.1) is 0 Å². The van der Waals surface area contributed by atoms with Gasteiger partial charge in [-0.25, -0.2) is 4.79 Å². The molecular weight excluding hydrogens is 344 g/mol. The molecule has 1 heterocycles. The maximum absolute atomic E-state index is 12.7. The number of ether oxygens (including phenoxy) is 1. The van der Waals surface area contributed by atoms with Crippen molar-refractivity contribution in [3.63, 3.8) is 0 Å². The molecule has 0 saturated heterocycles. The number of para-hydroxylation sites is 1. The Labute approximate surface area is 161 Å². The molecule has 6 heteroatoms. The number of nitrogens with one attached hydrogen (secondary N) is 2.